The van der Waals surface area contributed by atoms with E-state index in [0.29, 0.717) is 12.0 Å². The van der Waals surface area contributed by atoms with Gasteiger partial charge in [0.25, 0.3) is 5.56 Å². The quantitative estimate of drug-likeness (QED) is 0.852. The molecule has 1 fully saturated rings. The number of nitriles is 1. The molecule has 7 nitrogen and oxygen atoms in total. The van der Waals surface area contributed by atoms with Crippen LogP contribution in [-0.2, 0) is 14.1 Å². The van der Waals surface area contributed by atoms with Crippen LogP contribution in [0.5, 0.6) is 0 Å². The molecule has 130 valence electrons. The summed E-state index contributed by atoms with van der Waals surface area (Å²) in [6, 6.07) is 7.34. The zero-order valence-electron chi connectivity index (χ0n) is 13.8. The Morgan fingerprint density at radius 2 is 2.00 bits per heavy atom. The third-order valence-corrected chi connectivity index (χ3v) is 4.53. The summed E-state index contributed by atoms with van der Waals surface area (Å²) in [4.78, 5) is 26.2. The van der Waals surface area contributed by atoms with Gasteiger partial charge >= 0.3 is 5.69 Å². The Balaban J connectivity index is 2.23. The third kappa shape index (κ3) is 2.72. The van der Waals surface area contributed by atoms with Gasteiger partial charge in [0.1, 0.15) is 17.7 Å². The van der Waals surface area contributed by atoms with Crippen LogP contribution in [0.1, 0.15) is 23.6 Å². The first-order valence-electron chi connectivity index (χ1n) is 7.75. The molecule has 1 aliphatic heterocycles. The molecule has 8 heteroatoms. The fourth-order valence-electron chi connectivity index (χ4n) is 3.35. The first-order chi connectivity index (χ1) is 11.8. The van der Waals surface area contributed by atoms with E-state index >= 15 is 0 Å². The second-order valence-electron chi connectivity index (χ2n) is 6.13. The molecule has 1 aromatic carbocycles. The van der Waals surface area contributed by atoms with Gasteiger partial charge in [-0.3, -0.25) is 13.9 Å². The Labute approximate surface area is 142 Å². The Morgan fingerprint density at radius 3 is 2.64 bits per heavy atom. The minimum atomic E-state index is -0.723. The van der Waals surface area contributed by atoms with Gasteiger partial charge in [0, 0.05) is 20.6 Å². The van der Waals surface area contributed by atoms with Crippen LogP contribution in [0, 0.1) is 17.1 Å². The Bertz CT molecular complexity index is 989. The van der Waals surface area contributed by atoms with E-state index in [-0.39, 0.29) is 17.9 Å². The number of halogens is 1. The van der Waals surface area contributed by atoms with Crippen molar-refractivity contribution in [3.05, 3.63) is 62.0 Å². The van der Waals surface area contributed by atoms with Crippen LogP contribution >= 0.6 is 0 Å². The number of rotatable bonds is 2. The molecule has 0 saturated carbocycles. The molecule has 0 unspecified atom stereocenters. The molecule has 1 aliphatic rings. The number of aliphatic hydroxyl groups is 1. The second-order valence-corrected chi connectivity index (χ2v) is 6.13. The standard InChI is InChI=1S/C17H17FN4O3/c1-20-15(13(8-19)16(24)21(2)17(20)25)22-9-12(23)7-14(22)10-4-3-5-11(18)6-10/h3-6,12,14,23H,7,9H2,1-2H3/t12-,14-/m1/s1. The van der Waals surface area contributed by atoms with E-state index in [1.165, 1.54) is 30.8 Å². The van der Waals surface area contributed by atoms with E-state index in [9.17, 15) is 24.3 Å². The van der Waals surface area contributed by atoms with Crippen LogP contribution in [0.2, 0.25) is 0 Å². The molecule has 1 N–H and O–H groups in total. The topological polar surface area (TPSA) is 91.3 Å². The van der Waals surface area contributed by atoms with Gasteiger partial charge in [-0.1, -0.05) is 12.1 Å². The number of aromatic nitrogens is 2. The molecular weight excluding hydrogens is 327 g/mol. The summed E-state index contributed by atoms with van der Waals surface area (Å²) in [5.74, 6) is -0.279. The largest absolute Gasteiger partial charge is 0.391 e. The number of aliphatic hydroxyl groups excluding tert-OH is 1. The molecule has 0 amide bonds. The van der Waals surface area contributed by atoms with Crippen LogP contribution in [0.25, 0.3) is 0 Å². The highest BCUT2D eigenvalue weighted by atomic mass is 19.1. The highest BCUT2D eigenvalue weighted by Gasteiger charge is 2.36. The number of anilines is 1. The maximum absolute atomic E-state index is 13.6. The van der Waals surface area contributed by atoms with Gasteiger partial charge in [0.15, 0.2) is 5.56 Å². The van der Waals surface area contributed by atoms with Crippen molar-refractivity contribution < 1.29 is 9.50 Å². The van der Waals surface area contributed by atoms with Gasteiger partial charge in [-0.2, -0.15) is 5.26 Å². The minimum absolute atomic E-state index is 0.135. The molecule has 2 heterocycles. The molecule has 0 aliphatic carbocycles. The van der Waals surface area contributed by atoms with E-state index in [1.807, 2.05) is 6.07 Å². The van der Waals surface area contributed by atoms with Crippen molar-refractivity contribution in [3.63, 3.8) is 0 Å². The van der Waals surface area contributed by atoms with E-state index in [0.717, 1.165) is 4.57 Å². The van der Waals surface area contributed by atoms with E-state index in [1.54, 1.807) is 17.0 Å². The van der Waals surface area contributed by atoms with Gasteiger partial charge in [0.2, 0.25) is 0 Å². The Morgan fingerprint density at radius 1 is 1.28 bits per heavy atom. The second kappa shape index (κ2) is 6.18. The minimum Gasteiger partial charge on any atom is -0.391 e. The van der Waals surface area contributed by atoms with Gasteiger partial charge in [-0.15, -0.1) is 0 Å². The summed E-state index contributed by atoms with van der Waals surface area (Å²) in [6.45, 7) is 0.135. The zero-order valence-corrected chi connectivity index (χ0v) is 13.8. The van der Waals surface area contributed by atoms with Gasteiger partial charge in [0.05, 0.1) is 12.1 Å². The Kier molecular flexibility index (Phi) is 4.18. The maximum Gasteiger partial charge on any atom is 0.332 e. The highest BCUT2D eigenvalue weighted by Crippen LogP contribution is 2.36. The molecule has 3 rings (SSSR count). The van der Waals surface area contributed by atoms with Crippen molar-refractivity contribution in [2.75, 3.05) is 11.4 Å². The number of hydrogen-bond donors (Lipinski definition) is 1. The van der Waals surface area contributed by atoms with E-state index in [4.69, 9.17) is 0 Å². The summed E-state index contributed by atoms with van der Waals surface area (Å²) >= 11 is 0. The SMILES string of the molecule is Cn1c(N2C[C@H](O)C[C@@H]2c2cccc(F)c2)c(C#N)c(=O)n(C)c1=O. The summed E-state index contributed by atoms with van der Waals surface area (Å²) in [5.41, 5.74) is -0.841. The molecule has 0 spiro atoms. The maximum atomic E-state index is 13.6. The normalized spacial score (nSPS) is 19.9. The van der Waals surface area contributed by atoms with Crippen molar-refractivity contribution in [1.82, 2.24) is 9.13 Å². The predicted octanol–water partition coefficient (Wildman–Crippen LogP) is 0.407. The van der Waals surface area contributed by atoms with Crippen molar-refractivity contribution in [2.24, 2.45) is 14.1 Å². The van der Waals surface area contributed by atoms with Crippen molar-refractivity contribution in [3.8, 4) is 6.07 Å². The Hall–Kier alpha value is -2.92. The fraction of sp³-hybridized carbons (Fsp3) is 0.353. The zero-order chi connectivity index (χ0) is 18.3. The lowest BCUT2D eigenvalue weighted by molar-refractivity contribution is 0.194. The van der Waals surface area contributed by atoms with Gasteiger partial charge < -0.3 is 10.0 Å². The van der Waals surface area contributed by atoms with Crippen molar-refractivity contribution in [1.29, 1.82) is 5.26 Å². The molecule has 2 aromatic rings. The number of β-amino-alcohol motifs (C(OH)–C–C–N with tert-alkyl or cyclic N) is 1. The monoisotopic (exact) mass is 344 g/mol. The lowest BCUT2D eigenvalue weighted by atomic mass is 10.0. The highest BCUT2D eigenvalue weighted by molar-refractivity contribution is 5.56. The van der Waals surface area contributed by atoms with E-state index in [2.05, 4.69) is 0 Å². The average Bonchev–Trinajstić information content (AvgIpc) is 2.97. The van der Waals surface area contributed by atoms with Crippen LogP contribution in [0.4, 0.5) is 10.2 Å². The van der Waals surface area contributed by atoms with Crippen LogP contribution in [0.3, 0.4) is 0 Å². The predicted molar refractivity (Wildman–Crippen MR) is 88.7 cm³/mol. The first kappa shape index (κ1) is 16.9. The lowest BCUT2D eigenvalue weighted by Gasteiger charge is -2.29. The summed E-state index contributed by atoms with van der Waals surface area (Å²) in [7, 11) is 2.77. The molecule has 2 atom stereocenters. The van der Waals surface area contributed by atoms with E-state index < -0.39 is 29.2 Å². The molecule has 25 heavy (non-hydrogen) atoms. The molecule has 0 bridgehead atoms. The van der Waals surface area contributed by atoms with Crippen LogP contribution in [-0.4, -0.2) is 26.9 Å². The number of nitrogens with zero attached hydrogens (tertiary/aromatic N) is 4. The summed E-state index contributed by atoms with van der Waals surface area (Å²) in [5, 5.41) is 19.6. The van der Waals surface area contributed by atoms with Crippen LogP contribution in [0.15, 0.2) is 33.9 Å². The van der Waals surface area contributed by atoms with Gasteiger partial charge in [-0.05, 0) is 24.1 Å². The number of benzene rings is 1. The van der Waals surface area contributed by atoms with Crippen molar-refractivity contribution >= 4 is 5.82 Å². The lowest BCUT2D eigenvalue weighted by Crippen LogP contribution is -2.42. The van der Waals surface area contributed by atoms with Gasteiger partial charge in [-0.25, -0.2) is 9.18 Å². The molecule has 1 saturated heterocycles. The molecular formula is C17H17FN4O3. The first-order valence-corrected chi connectivity index (χ1v) is 7.75. The fourth-order valence-corrected chi connectivity index (χ4v) is 3.35. The number of hydrogen-bond acceptors (Lipinski definition) is 5. The van der Waals surface area contributed by atoms with Crippen LogP contribution < -0.4 is 16.1 Å². The summed E-state index contributed by atoms with van der Waals surface area (Å²) < 4.78 is 15.7. The molecule has 0 radical (unpaired) electrons. The third-order valence-electron chi connectivity index (χ3n) is 4.53. The molecule has 1 aromatic heterocycles. The average molecular weight is 344 g/mol. The summed E-state index contributed by atoms with van der Waals surface area (Å²) in [6.07, 6.45) is -0.420. The van der Waals surface area contributed by atoms with Crippen molar-refractivity contribution in [2.45, 2.75) is 18.6 Å². The smallest absolute Gasteiger partial charge is 0.332 e.